The van der Waals surface area contributed by atoms with Crippen LogP contribution in [0.15, 0.2) is 218 Å². The molecule has 1 spiro atoms. The zero-order valence-electron chi connectivity index (χ0n) is 48.2. The summed E-state index contributed by atoms with van der Waals surface area (Å²) in [6.07, 6.45) is 0. The van der Waals surface area contributed by atoms with Gasteiger partial charge in [0.25, 0.3) is 0 Å². The fourth-order valence-electron chi connectivity index (χ4n) is 13.0. The van der Waals surface area contributed by atoms with Crippen molar-refractivity contribution in [2.45, 2.75) is 110 Å². The van der Waals surface area contributed by atoms with Gasteiger partial charge in [-0.2, -0.15) is 0 Å². The molecule has 0 radical (unpaired) electrons. The van der Waals surface area contributed by atoms with Crippen LogP contribution in [0.25, 0.3) is 54.6 Å². The van der Waals surface area contributed by atoms with E-state index in [0.717, 1.165) is 34.1 Å². The summed E-state index contributed by atoms with van der Waals surface area (Å²) in [5.74, 6) is 0. The van der Waals surface area contributed by atoms with Crippen molar-refractivity contribution in [1.29, 1.82) is 0 Å². The van der Waals surface area contributed by atoms with Crippen LogP contribution in [0.1, 0.15) is 128 Å². The molecule has 0 heterocycles. The fraction of sp³-hybridized carbons (Fsp3) is 0.221. The molecule has 2 aliphatic carbocycles. The summed E-state index contributed by atoms with van der Waals surface area (Å²) in [7, 11) is 0. The van der Waals surface area contributed by atoms with Gasteiger partial charge in [0.15, 0.2) is 0 Å². The Labute approximate surface area is 469 Å². The molecule has 0 atom stereocenters. The molecule has 79 heavy (non-hydrogen) atoms. The summed E-state index contributed by atoms with van der Waals surface area (Å²) >= 11 is 0. The Morgan fingerprint density at radius 2 is 0.608 bits per heavy atom. The Bertz CT molecular complexity index is 3860. The molecular weight excluding hydrogens is 953 g/mol. The standard InChI is InChI=1S/C77H72N2/c1-73(2,3)54-24-34-58(35-25-54)78(59-36-26-55(27-37-59)74(4,5)6)62-32-21-50-45-66-67-46-51-22-33-63(79(60-38-28-56(29-39-60)75(7,8)9)61-40-30-57(31-41-61)76(10,11)12)44-53(51)48-71(67)77(70(66)47-52(50)43-62)68-20-16-15-19-65(68)72-64-18-14-13-17-49(64)23-42-69(72)77/h13-48H,1-12H3. The van der Waals surface area contributed by atoms with E-state index in [4.69, 9.17) is 0 Å². The normalized spacial score (nSPS) is 13.7. The molecule has 2 aliphatic rings. The van der Waals surface area contributed by atoms with Crippen molar-refractivity contribution in [3.8, 4) is 22.3 Å². The first-order chi connectivity index (χ1) is 37.7. The van der Waals surface area contributed by atoms with E-state index < -0.39 is 5.41 Å². The molecule has 0 saturated carbocycles. The minimum absolute atomic E-state index is 0.0463. The maximum atomic E-state index is 2.55. The van der Waals surface area contributed by atoms with Gasteiger partial charge in [0.05, 0.1) is 5.41 Å². The highest BCUT2D eigenvalue weighted by molar-refractivity contribution is 6.09. The number of rotatable bonds is 6. The van der Waals surface area contributed by atoms with Crippen LogP contribution in [0.2, 0.25) is 0 Å². The SMILES string of the molecule is CC(C)(C)c1ccc(N(c2ccc(C(C)(C)C)cc2)c2ccc3cc4c(cc3c2)C2(c3cc5cc(N(c6ccc(C(C)(C)C)cc6)c6ccc(C(C)(C)C)cc6)ccc5cc3-4)c3ccccc3-c3c2ccc2ccccc32)cc1. The molecule has 0 aliphatic heterocycles. The van der Waals surface area contributed by atoms with Crippen molar-refractivity contribution >= 4 is 66.4 Å². The van der Waals surface area contributed by atoms with Gasteiger partial charge in [0, 0.05) is 34.1 Å². The summed E-state index contributed by atoms with van der Waals surface area (Å²) in [6.45, 7) is 27.5. The van der Waals surface area contributed by atoms with Crippen LogP contribution < -0.4 is 9.80 Å². The van der Waals surface area contributed by atoms with Crippen molar-refractivity contribution in [3.05, 3.63) is 263 Å². The third-order valence-electron chi connectivity index (χ3n) is 17.4. The Kier molecular flexibility index (Phi) is 11.4. The minimum atomic E-state index is -0.578. The van der Waals surface area contributed by atoms with Crippen LogP contribution in [0.4, 0.5) is 34.1 Å². The minimum Gasteiger partial charge on any atom is -0.310 e. The first kappa shape index (κ1) is 50.3. The molecule has 13 rings (SSSR count). The average Bonchev–Trinajstić information content (AvgIpc) is 2.11. The van der Waals surface area contributed by atoms with E-state index in [9.17, 15) is 0 Å². The second kappa shape index (κ2) is 17.9. The molecule has 0 unspecified atom stereocenters. The van der Waals surface area contributed by atoms with E-state index in [1.807, 2.05) is 0 Å². The number of anilines is 6. The van der Waals surface area contributed by atoms with Crippen molar-refractivity contribution in [1.82, 2.24) is 0 Å². The number of hydrogen-bond acceptors (Lipinski definition) is 2. The quantitative estimate of drug-likeness (QED) is 0.164. The summed E-state index contributed by atoms with van der Waals surface area (Å²) in [5.41, 5.74) is 22.3. The third-order valence-corrected chi connectivity index (χ3v) is 17.4. The van der Waals surface area contributed by atoms with Crippen molar-refractivity contribution in [2.24, 2.45) is 0 Å². The van der Waals surface area contributed by atoms with Crippen molar-refractivity contribution in [2.75, 3.05) is 9.80 Å². The first-order valence-corrected chi connectivity index (χ1v) is 28.5. The van der Waals surface area contributed by atoms with E-state index in [1.165, 1.54) is 99.1 Å². The Balaban J connectivity index is 1.03. The van der Waals surface area contributed by atoms with Crippen LogP contribution in [0.3, 0.4) is 0 Å². The molecule has 390 valence electrons. The molecule has 0 bridgehead atoms. The van der Waals surface area contributed by atoms with Gasteiger partial charge in [-0.15, -0.1) is 0 Å². The van der Waals surface area contributed by atoms with Crippen LogP contribution in [-0.2, 0) is 27.1 Å². The van der Waals surface area contributed by atoms with Gasteiger partial charge >= 0.3 is 0 Å². The highest BCUT2D eigenvalue weighted by Crippen LogP contribution is 2.65. The largest absolute Gasteiger partial charge is 0.310 e. The zero-order chi connectivity index (χ0) is 55.0. The molecule has 0 N–H and O–H groups in total. The number of nitrogens with zero attached hydrogens (tertiary/aromatic N) is 2. The maximum Gasteiger partial charge on any atom is 0.0726 e. The lowest BCUT2D eigenvalue weighted by Crippen LogP contribution is -2.26. The predicted octanol–water partition coefficient (Wildman–Crippen LogP) is 21.6. The Morgan fingerprint density at radius 3 is 1.01 bits per heavy atom. The van der Waals surface area contributed by atoms with Gasteiger partial charge < -0.3 is 9.80 Å². The van der Waals surface area contributed by atoms with Gasteiger partial charge in [0.2, 0.25) is 0 Å². The monoisotopic (exact) mass is 1020 g/mol. The van der Waals surface area contributed by atoms with E-state index in [-0.39, 0.29) is 21.7 Å². The molecule has 2 nitrogen and oxygen atoms in total. The zero-order valence-corrected chi connectivity index (χ0v) is 48.2. The van der Waals surface area contributed by atoms with Gasteiger partial charge in [-0.25, -0.2) is 0 Å². The lowest BCUT2D eigenvalue weighted by atomic mass is 9.70. The topological polar surface area (TPSA) is 6.48 Å². The molecule has 0 saturated heterocycles. The molecule has 0 fully saturated rings. The van der Waals surface area contributed by atoms with Gasteiger partial charge in [-0.05, 0) is 218 Å². The second-order valence-corrected chi connectivity index (χ2v) is 26.7. The van der Waals surface area contributed by atoms with Crippen LogP contribution in [0.5, 0.6) is 0 Å². The van der Waals surface area contributed by atoms with E-state index in [0.29, 0.717) is 0 Å². The number of fused-ring (bicyclic) bond motifs is 14. The first-order valence-electron chi connectivity index (χ1n) is 28.5. The summed E-state index contributed by atoms with van der Waals surface area (Å²) in [4.78, 5) is 4.88. The summed E-state index contributed by atoms with van der Waals surface area (Å²) in [5, 5.41) is 7.44. The lowest BCUT2D eigenvalue weighted by Gasteiger charge is -2.31. The maximum absolute atomic E-state index is 2.55. The lowest BCUT2D eigenvalue weighted by molar-refractivity contribution is 0.590. The molecule has 11 aromatic rings. The van der Waals surface area contributed by atoms with E-state index in [2.05, 4.69) is 311 Å². The van der Waals surface area contributed by atoms with Crippen molar-refractivity contribution in [3.63, 3.8) is 0 Å². The number of hydrogen-bond donors (Lipinski definition) is 0. The van der Waals surface area contributed by atoms with Crippen LogP contribution in [0, 0.1) is 0 Å². The highest BCUT2D eigenvalue weighted by Gasteiger charge is 2.52. The highest BCUT2D eigenvalue weighted by atomic mass is 15.1. The summed E-state index contributed by atoms with van der Waals surface area (Å²) < 4.78 is 0. The van der Waals surface area contributed by atoms with Crippen molar-refractivity contribution < 1.29 is 0 Å². The van der Waals surface area contributed by atoms with E-state index >= 15 is 0 Å². The molecule has 2 heteroatoms. The molecule has 11 aromatic carbocycles. The molecule has 0 amide bonds. The predicted molar refractivity (Wildman–Crippen MR) is 339 cm³/mol. The Hall–Kier alpha value is -8.20. The smallest absolute Gasteiger partial charge is 0.0726 e. The number of benzene rings is 11. The van der Waals surface area contributed by atoms with Gasteiger partial charge in [0.1, 0.15) is 0 Å². The molecular formula is C77H72N2. The fourth-order valence-corrected chi connectivity index (χ4v) is 13.0. The van der Waals surface area contributed by atoms with Crippen LogP contribution in [-0.4, -0.2) is 0 Å². The average molecular weight is 1030 g/mol. The summed E-state index contributed by atoms with van der Waals surface area (Å²) in [6, 6.07) is 84.2. The third kappa shape index (κ3) is 8.28. The van der Waals surface area contributed by atoms with Gasteiger partial charge in [-0.3, -0.25) is 0 Å². The van der Waals surface area contributed by atoms with Crippen LogP contribution >= 0.6 is 0 Å². The van der Waals surface area contributed by atoms with Gasteiger partial charge in [-0.1, -0.05) is 204 Å². The molecule has 0 aromatic heterocycles. The van der Waals surface area contributed by atoms with E-state index in [1.54, 1.807) is 0 Å². The Morgan fingerprint density at radius 1 is 0.253 bits per heavy atom. The second-order valence-electron chi connectivity index (χ2n) is 26.7.